The van der Waals surface area contributed by atoms with Crippen molar-refractivity contribution in [3.8, 4) is 0 Å². The molecular weight excluding hydrogens is 360 g/mol. The van der Waals surface area contributed by atoms with E-state index in [9.17, 15) is 9.90 Å². The number of carbonyl (C=O) groups excluding carboxylic acids is 1. The number of piperidine rings is 1. The number of amides is 1. The Morgan fingerprint density at radius 2 is 1.90 bits per heavy atom. The maximum Gasteiger partial charge on any atom is 0.248 e. The summed E-state index contributed by atoms with van der Waals surface area (Å²) in [6.07, 6.45) is 2.70. The van der Waals surface area contributed by atoms with Gasteiger partial charge in [0.2, 0.25) is 5.91 Å². The van der Waals surface area contributed by atoms with Crippen LogP contribution in [0.25, 0.3) is 0 Å². The van der Waals surface area contributed by atoms with Crippen molar-refractivity contribution in [1.29, 1.82) is 0 Å². The van der Waals surface area contributed by atoms with Crippen LogP contribution in [0, 0.1) is 5.92 Å². The van der Waals surface area contributed by atoms with Crippen LogP contribution in [0.1, 0.15) is 60.5 Å². The number of aliphatic hydroxyl groups is 1. The van der Waals surface area contributed by atoms with E-state index in [1.54, 1.807) is 6.07 Å². The smallest absolute Gasteiger partial charge is 0.248 e. The van der Waals surface area contributed by atoms with Crippen molar-refractivity contribution in [1.82, 2.24) is 4.90 Å². The Hall–Kier alpha value is -2.17. The lowest BCUT2D eigenvalue weighted by molar-refractivity contribution is -0.0815. The predicted molar refractivity (Wildman–Crippen MR) is 116 cm³/mol. The van der Waals surface area contributed by atoms with Crippen molar-refractivity contribution >= 4 is 5.91 Å². The van der Waals surface area contributed by atoms with Gasteiger partial charge in [0, 0.05) is 18.7 Å². The molecule has 2 aromatic rings. The lowest BCUT2D eigenvalue weighted by Crippen LogP contribution is -2.56. The van der Waals surface area contributed by atoms with Crippen molar-refractivity contribution in [3.05, 3.63) is 71.3 Å². The molecule has 1 aliphatic carbocycles. The molecule has 4 heteroatoms. The maximum atomic E-state index is 11.6. The number of primary amides is 1. The van der Waals surface area contributed by atoms with E-state index in [1.165, 1.54) is 11.1 Å². The van der Waals surface area contributed by atoms with Gasteiger partial charge in [0.25, 0.3) is 0 Å². The molecule has 0 radical (unpaired) electrons. The summed E-state index contributed by atoms with van der Waals surface area (Å²) < 4.78 is 0. The molecule has 1 aliphatic heterocycles. The number of hydrogen-bond acceptors (Lipinski definition) is 3. The number of nitrogens with zero attached hydrogens (tertiary/aromatic N) is 1. The van der Waals surface area contributed by atoms with Crippen LogP contribution in [0.2, 0.25) is 0 Å². The number of likely N-dealkylation sites (tertiary alicyclic amines) is 1. The number of carbonyl (C=O) groups is 1. The second-order valence-corrected chi connectivity index (χ2v) is 9.49. The van der Waals surface area contributed by atoms with Gasteiger partial charge >= 0.3 is 0 Å². The molecule has 1 saturated heterocycles. The molecular formula is C25H32N2O2. The van der Waals surface area contributed by atoms with Gasteiger partial charge in [-0.05, 0) is 66.3 Å². The first-order valence-electron chi connectivity index (χ1n) is 10.7. The molecule has 3 N–H and O–H groups in total. The first-order chi connectivity index (χ1) is 13.8. The lowest BCUT2D eigenvalue weighted by atomic mass is 9.65. The van der Waals surface area contributed by atoms with E-state index in [0.29, 0.717) is 17.4 Å². The highest BCUT2D eigenvalue weighted by Gasteiger charge is 2.46. The van der Waals surface area contributed by atoms with Gasteiger partial charge < -0.3 is 15.7 Å². The molecule has 2 fully saturated rings. The molecule has 0 bridgehead atoms. The van der Waals surface area contributed by atoms with E-state index < -0.39 is 5.60 Å². The van der Waals surface area contributed by atoms with Crippen LogP contribution in [0.5, 0.6) is 0 Å². The maximum absolute atomic E-state index is 11.6. The molecule has 0 spiro atoms. The minimum atomic E-state index is -0.570. The van der Waals surface area contributed by atoms with Crippen molar-refractivity contribution in [2.75, 3.05) is 19.6 Å². The van der Waals surface area contributed by atoms with Gasteiger partial charge in [-0.15, -0.1) is 0 Å². The van der Waals surface area contributed by atoms with E-state index in [-0.39, 0.29) is 11.3 Å². The van der Waals surface area contributed by atoms with Crippen LogP contribution >= 0.6 is 0 Å². The highest BCUT2D eigenvalue weighted by atomic mass is 16.3. The summed E-state index contributed by atoms with van der Waals surface area (Å²) >= 11 is 0. The molecule has 4 rings (SSSR count). The zero-order chi connectivity index (χ0) is 20.6. The van der Waals surface area contributed by atoms with Gasteiger partial charge in [0.05, 0.1) is 5.60 Å². The van der Waals surface area contributed by atoms with Gasteiger partial charge in [-0.1, -0.05) is 56.3 Å². The minimum Gasteiger partial charge on any atom is -0.389 e. The summed E-state index contributed by atoms with van der Waals surface area (Å²) in [7, 11) is 0. The third-order valence-electron chi connectivity index (χ3n) is 7.42. The Morgan fingerprint density at radius 3 is 2.55 bits per heavy atom. The van der Waals surface area contributed by atoms with Gasteiger partial charge in [0.1, 0.15) is 0 Å². The summed E-state index contributed by atoms with van der Waals surface area (Å²) in [6, 6.07) is 18.3. The fraction of sp³-hybridized carbons (Fsp3) is 0.480. The second-order valence-electron chi connectivity index (χ2n) is 9.49. The Bertz CT molecular complexity index is 875. The third kappa shape index (κ3) is 3.96. The quantitative estimate of drug-likeness (QED) is 0.815. The van der Waals surface area contributed by atoms with Gasteiger partial charge in [0.15, 0.2) is 0 Å². The highest BCUT2D eigenvalue weighted by molar-refractivity contribution is 5.92. The van der Waals surface area contributed by atoms with E-state index in [4.69, 9.17) is 5.73 Å². The van der Waals surface area contributed by atoms with Gasteiger partial charge in [-0.2, -0.15) is 0 Å². The van der Waals surface area contributed by atoms with Gasteiger partial charge in [-0.25, -0.2) is 0 Å². The molecule has 1 saturated carbocycles. The number of benzene rings is 2. The SMILES string of the molecule is C[C@H]1CN(CC2(O)CC(c3ccccc3)C2)CC[C@]1(C)c1cccc(C(N)=O)c1. The largest absolute Gasteiger partial charge is 0.389 e. The Labute approximate surface area is 173 Å². The normalized spacial score (nSPS) is 32.5. The Balaban J connectivity index is 1.38. The van der Waals surface area contributed by atoms with E-state index >= 15 is 0 Å². The number of rotatable bonds is 5. The van der Waals surface area contributed by atoms with E-state index in [2.05, 4.69) is 49.1 Å². The van der Waals surface area contributed by atoms with Crippen molar-refractivity contribution in [3.63, 3.8) is 0 Å². The zero-order valence-electron chi connectivity index (χ0n) is 17.5. The summed E-state index contributed by atoms with van der Waals surface area (Å²) in [4.78, 5) is 14.0. The number of hydrogen-bond donors (Lipinski definition) is 2. The van der Waals surface area contributed by atoms with Crippen LogP contribution < -0.4 is 5.73 Å². The van der Waals surface area contributed by atoms with E-state index in [1.807, 2.05) is 18.2 Å². The first kappa shape index (κ1) is 20.1. The standard InChI is InChI=1S/C25H32N2O2/c1-18-16-27(17-25(29)14-21(15-25)19-7-4-3-5-8-19)12-11-24(18,2)22-10-6-9-20(13-22)23(26)28/h3-10,13,18,21,29H,11-12,14-17H2,1-2H3,(H2,26,28)/t18-,21?,24-,25?/m0/s1. The van der Waals surface area contributed by atoms with Crippen LogP contribution in [0.4, 0.5) is 0 Å². The minimum absolute atomic E-state index is 0.0107. The monoisotopic (exact) mass is 392 g/mol. The first-order valence-corrected chi connectivity index (χ1v) is 10.7. The molecule has 2 atom stereocenters. The molecule has 1 heterocycles. The second kappa shape index (κ2) is 7.58. The molecule has 2 aromatic carbocycles. The number of nitrogens with two attached hydrogens (primary N) is 1. The Morgan fingerprint density at radius 1 is 1.17 bits per heavy atom. The van der Waals surface area contributed by atoms with Crippen molar-refractivity contribution < 1.29 is 9.90 Å². The van der Waals surface area contributed by atoms with E-state index in [0.717, 1.165) is 38.9 Å². The summed E-state index contributed by atoms with van der Waals surface area (Å²) in [5.74, 6) is 0.527. The fourth-order valence-electron chi connectivity index (χ4n) is 5.28. The summed E-state index contributed by atoms with van der Waals surface area (Å²) in [5.41, 5.74) is 8.03. The molecule has 1 amide bonds. The van der Waals surface area contributed by atoms with Gasteiger partial charge in [-0.3, -0.25) is 4.79 Å². The van der Waals surface area contributed by atoms with Crippen LogP contribution in [-0.4, -0.2) is 41.1 Å². The predicted octanol–water partition coefficient (Wildman–Crippen LogP) is 3.69. The third-order valence-corrected chi connectivity index (χ3v) is 7.42. The average molecular weight is 393 g/mol. The lowest BCUT2D eigenvalue weighted by Gasteiger charge is -2.50. The van der Waals surface area contributed by atoms with Crippen LogP contribution in [-0.2, 0) is 5.41 Å². The zero-order valence-corrected chi connectivity index (χ0v) is 17.5. The topological polar surface area (TPSA) is 66.6 Å². The number of β-amino-alcohol motifs (C(OH)–C–C–N with tert-alkyl or cyclic N) is 1. The summed E-state index contributed by atoms with van der Waals surface area (Å²) in [5, 5.41) is 11.0. The van der Waals surface area contributed by atoms with Crippen LogP contribution in [0.15, 0.2) is 54.6 Å². The molecule has 29 heavy (non-hydrogen) atoms. The molecule has 0 unspecified atom stereocenters. The van der Waals surface area contributed by atoms with Crippen LogP contribution in [0.3, 0.4) is 0 Å². The molecule has 154 valence electrons. The molecule has 4 nitrogen and oxygen atoms in total. The molecule has 0 aromatic heterocycles. The Kier molecular flexibility index (Phi) is 5.26. The summed E-state index contributed by atoms with van der Waals surface area (Å²) in [6.45, 7) is 7.23. The van der Waals surface area contributed by atoms with Crippen molar-refractivity contribution in [2.45, 2.75) is 50.0 Å². The fourth-order valence-corrected chi connectivity index (χ4v) is 5.28. The van der Waals surface area contributed by atoms with Crippen molar-refractivity contribution in [2.24, 2.45) is 11.7 Å². The highest BCUT2D eigenvalue weighted by Crippen LogP contribution is 2.46. The molecule has 2 aliphatic rings. The average Bonchev–Trinajstić information content (AvgIpc) is 2.69.